The Labute approximate surface area is 189 Å². The van der Waals surface area contributed by atoms with Crippen molar-refractivity contribution < 1.29 is 9.53 Å². The quantitative estimate of drug-likeness (QED) is 0.369. The zero-order valence-corrected chi connectivity index (χ0v) is 18.9. The molecule has 0 bridgehead atoms. The molecule has 4 aromatic rings. The Hall–Kier alpha value is -3.53. The zero-order valence-electron chi connectivity index (χ0n) is 18.9. The van der Waals surface area contributed by atoms with Crippen LogP contribution in [0, 0.1) is 0 Å². The minimum atomic E-state index is -0.535. The normalized spacial score (nSPS) is 12.5. The van der Waals surface area contributed by atoms with Crippen molar-refractivity contribution in [3.05, 3.63) is 96.2 Å². The summed E-state index contributed by atoms with van der Waals surface area (Å²) in [6.07, 6.45) is 3.09. The van der Waals surface area contributed by atoms with Gasteiger partial charge in [0.1, 0.15) is 5.60 Å². The number of carbonyl (C=O) groups excluding carboxylic acids is 1. The number of hydrogen-bond acceptors (Lipinski definition) is 2. The molecule has 4 rings (SSSR count). The van der Waals surface area contributed by atoms with Crippen molar-refractivity contribution in [3.63, 3.8) is 0 Å². The summed E-state index contributed by atoms with van der Waals surface area (Å²) in [5, 5.41) is 4.27. The molecule has 1 amide bonds. The molecule has 1 heterocycles. The number of H-pyrrole nitrogens is 1. The summed E-state index contributed by atoms with van der Waals surface area (Å²) in [6.45, 7) is 5.64. The SMILES string of the molecule is CC(C)(C)OC(=O)N[C@H](Cc1ccccc1)Cc1c[nH]c2ccc(-c3ccccc3)cc12. The molecule has 0 saturated heterocycles. The van der Waals surface area contributed by atoms with Gasteiger partial charge in [0.05, 0.1) is 0 Å². The Balaban J connectivity index is 1.61. The molecule has 2 N–H and O–H groups in total. The summed E-state index contributed by atoms with van der Waals surface area (Å²) in [5.74, 6) is 0. The lowest BCUT2D eigenvalue weighted by molar-refractivity contribution is 0.0504. The number of aromatic amines is 1. The van der Waals surface area contributed by atoms with E-state index in [-0.39, 0.29) is 12.1 Å². The number of carbonyl (C=O) groups is 1. The van der Waals surface area contributed by atoms with Crippen LogP contribution in [0.5, 0.6) is 0 Å². The Morgan fingerprint density at radius 3 is 2.28 bits per heavy atom. The van der Waals surface area contributed by atoms with Crippen LogP contribution < -0.4 is 5.32 Å². The third-order valence-corrected chi connectivity index (χ3v) is 5.39. The lowest BCUT2D eigenvalue weighted by Crippen LogP contribution is -2.41. The summed E-state index contributed by atoms with van der Waals surface area (Å²) < 4.78 is 5.53. The largest absolute Gasteiger partial charge is 0.444 e. The lowest BCUT2D eigenvalue weighted by atomic mass is 9.97. The van der Waals surface area contributed by atoms with Gasteiger partial charge in [0, 0.05) is 23.1 Å². The van der Waals surface area contributed by atoms with Crippen molar-refractivity contribution in [1.82, 2.24) is 10.3 Å². The number of amides is 1. The lowest BCUT2D eigenvalue weighted by Gasteiger charge is -2.24. The molecule has 0 spiro atoms. The summed E-state index contributed by atoms with van der Waals surface area (Å²) >= 11 is 0. The minimum absolute atomic E-state index is 0.0911. The van der Waals surface area contributed by atoms with Gasteiger partial charge in [0.25, 0.3) is 0 Å². The molecule has 0 aliphatic rings. The first-order valence-electron chi connectivity index (χ1n) is 11.1. The zero-order chi connectivity index (χ0) is 22.6. The molecule has 4 heteroatoms. The van der Waals surface area contributed by atoms with Gasteiger partial charge in [-0.2, -0.15) is 0 Å². The van der Waals surface area contributed by atoms with Gasteiger partial charge >= 0.3 is 6.09 Å². The topological polar surface area (TPSA) is 54.1 Å². The summed E-state index contributed by atoms with van der Waals surface area (Å²) in [4.78, 5) is 15.9. The fraction of sp³-hybridized carbons (Fsp3) is 0.250. The van der Waals surface area contributed by atoms with Crippen molar-refractivity contribution in [3.8, 4) is 11.1 Å². The van der Waals surface area contributed by atoms with Crippen LogP contribution in [-0.2, 0) is 17.6 Å². The fourth-order valence-electron chi connectivity index (χ4n) is 3.97. The smallest absolute Gasteiger partial charge is 0.407 e. The molecule has 164 valence electrons. The van der Waals surface area contributed by atoms with Crippen LogP contribution in [0.2, 0.25) is 0 Å². The average Bonchev–Trinajstić information content (AvgIpc) is 3.15. The summed E-state index contributed by atoms with van der Waals surface area (Å²) in [5.41, 5.74) is 5.28. The highest BCUT2D eigenvalue weighted by Gasteiger charge is 2.21. The molecule has 1 atom stereocenters. The summed E-state index contributed by atoms with van der Waals surface area (Å²) in [7, 11) is 0. The van der Waals surface area contributed by atoms with Gasteiger partial charge in [-0.25, -0.2) is 4.79 Å². The Morgan fingerprint density at radius 2 is 1.59 bits per heavy atom. The number of benzene rings is 3. The van der Waals surface area contributed by atoms with Crippen LogP contribution in [0.25, 0.3) is 22.0 Å². The van der Waals surface area contributed by atoms with E-state index in [1.54, 1.807) is 0 Å². The predicted octanol–water partition coefficient (Wildman–Crippen LogP) is 6.51. The van der Waals surface area contributed by atoms with Gasteiger partial charge in [-0.05, 0) is 68.0 Å². The molecular weight excluding hydrogens is 396 g/mol. The standard InChI is InChI=1S/C28H30N2O2/c1-28(2,3)32-27(31)30-24(16-20-10-6-4-7-11-20)17-23-19-29-26-15-14-22(18-25(23)26)21-12-8-5-9-13-21/h4-15,18-19,24,29H,16-17H2,1-3H3,(H,30,31)/t24-/m1/s1. The highest BCUT2D eigenvalue weighted by atomic mass is 16.6. The van der Waals surface area contributed by atoms with Crippen molar-refractivity contribution in [2.24, 2.45) is 0 Å². The molecule has 32 heavy (non-hydrogen) atoms. The first-order valence-corrected chi connectivity index (χ1v) is 11.1. The maximum absolute atomic E-state index is 12.5. The second-order valence-electron chi connectivity index (χ2n) is 9.18. The van der Waals surface area contributed by atoms with E-state index in [1.807, 2.05) is 51.2 Å². The third kappa shape index (κ3) is 5.58. The number of ether oxygens (including phenoxy) is 1. The van der Waals surface area contributed by atoms with E-state index in [2.05, 4.69) is 64.9 Å². The fourth-order valence-corrected chi connectivity index (χ4v) is 3.97. The van der Waals surface area contributed by atoms with E-state index < -0.39 is 5.60 Å². The molecule has 0 aliphatic carbocycles. The molecule has 0 radical (unpaired) electrons. The monoisotopic (exact) mass is 426 g/mol. The number of rotatable bonds is 6. The number of hydrogen-bond donors (Lipinski definition) is 2. The van der Waals surface area contributed by atoms with Crippen molar-refractivity contribution in [1.29, 1.82) is 0 Å². The Kier molecular flexibility index (Phi) is 6.31. The van der Waals surface area contributed by atoms with Gasteiger partial charge in [-0.15, -0.1) is 0 Å². The van der Waals surface area contributed by atoms with Crippen LogP contribution in [0.1, 0.15) is 31.9 Å². The van der Waals surface area contributed by atoms with Crippen molar-refractivity contribution in [2.45, 2.75) is 45.3 Å². The maximum Gasteiger partial charge on any atom is 0.407 e. The Bertz CT molecular complexity index is 1170. The van der Waals surface area contributed by atoms with Gasteiger partial charge in [0.15, 0.2) is 0 Å². The van der Waals surface area contributed by atoms with E-state index in [4.69, 9.17) is 4.74 Å². The molecular formula is C28H30N2O2. The van der Waals surface area contributed by atoms with Gasteiger partial charge < -0.3 is 15.0 Å². The van der Waals surface area contributed by atoms with E-state index in [0.717, 1.165) is 11.9 Å². The van der Waals surface area contributed by atoms with Gasteiger partial charge in [0.2, 0.25) is 0 Å². The van der Waals surface area contributed by atoms with Crippen molar-refractivity contribution >= 4 is 17.0 Å². The van der Waals surface area contributed by atoms with Gasteiger partial charge in [-0.1, -0.05) is 66.7 Å². The van der Waals surface area contributed by atoms with Crippen molar-refractivity contribution in [2.75, 3.05) is 0 Å². The van der Waals surface area contributed by atoms with Crippen LogP contribution in [0.4, 0.5) is 4.79 Å². The second-order valence-corrected chi connectivity index (χ2v) is 9.18. The molecule has 0 saturated carbocycles. The number of nitrogens with one attached hydrogen (secondary N) is 2. The van der Waals surface area contributed by atoms with Gasteiger partial charge in [-0.3, -0.25) is 0 Å². The average molecular weight is 427 g/mol. The highest BCUT2D eigenvalue weighted by Crippen LogP contribution is 2.27. The molecule has 3 aromatic carbocycles. The maximum atomic E-state index is 12.5. The molecule has 0 aliphatic heterocycles. The van der Waals surface area contributed by atoms with Crippen LogP contribution in [-0.4, -0.2) is 22.7 Å². The Morgan fingerprint density at radius 1 is 0.906 bits per heavy atom. The van der Waals surface area contributed by atoms with Crippen LogP contribution in [0.15, 0.2) is 85.1 Å². The number of alkyl carbamates (subject to hydrolysis) is 1. The summed E-state index contributed by atoms with van der Waals surface area (Å²) in [6, 6.07) is 27.0. The highest BCUT2D eigenvalue weighted by molar-refractivity contribution is 5.88. The van der Waals surface area contributed by atoms with E-state index >= 15 is 0 Å². The van der Waals surface area contributed by atoms with E-state index in [0.29, 0.717) is 6.42 Å². The number of aromatic nitrogens is 1. The molecule has 0 unspecified atom stereocenters. The molecule has 1 aromatic heterocycles. The molecule has 4 nitrogen and oxygen atoms in total. The predicted molar refractivity (Wildman–Crippen MR) is 131 cm³/mol. The molecule has 0 fully saturated rings. The second kappa shape index (κ2) is 9.31. The van der Waals surface area contributed by atoms with Crippen LogP contribution in [0.3, 0.4) is 0 Å². The number of fused-ring (bicyclic) bond motifs is 1. The van der Waals surface area contributed by atoms with E-state index in [1.165, 1.54) is 27.6 Å². The minimum Gasteiger partial charge on any atom is -0.444 e. The first-order chi connectivity index (χ1) is 15.4. The third-order valence-electron chi connectivity index (χ3n) is 5.39. The van der Waals surface area contributed by atoms with E-state index in [9.17, 15) is 4.79 Å². The first kappa shape index (κ1) is 21.7. The van der Waals surface area contributed by atoms with Crippen LogP contribution >= 0.6 is 0 Å².